The van der Waals surface area contributed by atoms with Gasteiger partial charge in [-0.2, -0.15) is 10.2 Å². The zero-order valence-electron chi connectivity index (χ0n) is 7.14. The van der Waals surface area contributed by atoms with Crippen LogP contribution in [0, 0.1) is 0 Å². The van der Waals surface area contributed by atoms with Crippen molar-refractivity contribution < 1.29 is 0 Å². The van der Waals surface area contributed by atoms with E-state index < -0.39 is 0 Å². The Morgan fingerprint density at radius 2 is 2.00 bits per heavy atom. The minimum absolute atomic E-state index is 0.102. The number of rotatable bonds is 3. The first-order chi connectivity index (χ1) is 5.83. The van der Waals surface area contributed by atoms with Crippen LogP contribution in [0.1, 0.15) is 6.92 Å². The summed E-state index contributed by atoms with van der Waals surface area (Å²) in [6.07, 6.45) is 0. The van der Waals surface area contributed by atoms with Crippen LogP contribution >= 0.6 is 0 Å². The second kappa shape index (κ2) is 4.62. The molecule has 1 unspecified atom stereocenters. The molecule has 64 valence electrons. The highest BCUT2D eigenvalue weighted by Crippen LogP contribution is 2.10. The molecule has 0 saturated carbocycles. The molecule has 2 N–H and O–H groups in total. The molecule has 12 heavy (non-hydrogen) atoms. The van der Waals surface area contributed by atoms with Crippen LogP contribution in [-0.4, -0.2) is 12.6 Å². The van der Waals surface area contributed by atoms with Crippen LogP contribution in [0.2, 0.25) is 0 Å². The molecule has 3 heteroatoms. The van der Waals surface area contributed by atoms with Crippen molar-refractivity contribution in [3.63, 3.8) is 0 Å². The molecule has 3 nitrogen and oxygen atoms in total. The Morgan fingerprint density at radius 3 is 2.58 bits per heavy atom. The highest BCUT2D eigenvalue weighted by atomic mass is 15.1. The summed E-state index contributed by atoms with van der Waals surface area (Å²) in [5.74, 6) is 0. The van der Waals surface area contributed by atoms with Gasteiger partial charge in [0.15, 0.2) is 0 Å². The van der Waals surface area contributed by atoms with E-state index in [4.69, 9.17) is 5.73 Å². The highest BCUT2D eigenvalue weighted by molar-refractivity contribution is 5.34. The second-order valence-corrected chi connectivity index (χ2v) is 2.64. The summed E-state index contributed by atoms with van der Waals surface area (Å²) < 4.78 is 0. The molecule has 0 aromatic heterocycles. The lowest BCUT2D eigenvalue weighted by atomic mass is 10.3. The largest absolute Gasteiger partial charge is 0.328 e. The van der Waals surface area contributed by atoms with E-state index in [2.05, 4.69) is 10.2 Å². The van der Waals surface area contributed by atoms with Crippen LogP contribution < -0.4 is 5.73 Å². The molecule has 0 saturated heterocycles. The lowest BCUT2D eigenvalue weighted by molar-refractivity contribution is 0.714. The molecule has 0 radical (unpaired) electrons. The van der Waals surface area contributed by atoms with Crippen molar-refractivity contribution in [2.45, 2.75) is 13.0 Å². The number of nitrogens with two attached hydrogens (primary N) is 1. The van der Waals surface area contributed by atoms with Gasteiger partial charge in [-0.15, -0.1) is 0 Å². The third-order valence-corrected chi connectivity index (χ3v) is 1.47. The molecular weight excluding hydrogens is 150 g/mol. The van der Waals surface area contributed by atoms with Gasteiger partial charge >= 0.3 is 0 Å². The van der Waals surface area contributed by atoms with Gasteiger partial charge in [-0.05, 0) is 19.1 Å². The van der Waals surface area contributed by atoms with E-state index in [-0.39, 0.29) is 6.04 Å². The topological polar surface area (TPSA) is 50.7 Å². The van der Waals surface area contributed by atoms with Gasteiger partial charge in [0.2, 0.25) is 0 Å². The van der Waals surface area contributed by atoms with Crippen molar-refractivity contribution in [3.05, 3.63) is 30.3 Å². The molecule has 0 fully saturated rings. The molecule has 0 aliphatic heterocycles. The Morgan fingerprint density at radius 1 is 1.33 bits per heavy atom. The molecule has 1 rings (SSSR count). The average molecular weight is 163 g/mol. The quantitative estimate of drug-likeness (QED) is 0.682. The summed E-state index contributed by atoms with van der Waals surface area (Å²) in [7, 11) is 0. The van der Waals surface area contributed by atoms with Gasteiger partial charge in [-0.3, -0.25) is 0 Å². The molecule has 0 aliphatic rings. The normalized spacial score (nSPS) is 13.5. The van der Waals surface area contributed by atoms with E-state index in [1.807, 2.05) is 37.3 Å². The Labute approximate surface area is 72.3 Å². The lowest BCUT2D eigenvalue weighted by Crippen LogP contribution is -2.12. The van der Waals surface area contributed by atoms with E-state index in [9.17, 15) is 0 Å². The third kappa shape index (κ3) is 2.80. The van der Waals surface area contributed by atoms with Gasteiger partial charge in [0, 0.05) is 6.54 Å². The first-order valence-corrected chi connectivity index (χ1v) is 3.99. The number of azo groups is 1. The van der Waals surface area contributed by atoms with Crippen LogP contribution in [0.3, 0.4) is 0 Å². The SMILES string of the molecule is CC(CN)N=Nc1ccccc1. The maximum absolute atomic E-state index is 5.38. The number of hydrogen-bond donors (Lipinski definition) is 1. The van der Waals surface area contributed by atoms with E-state index in [1.165, 1.54) is 0 Å². The monoisotopic (exact) mass is 163 g/mol. The van der Waals surface area contributed by atoms with Crippen molar-refractivity contribution in [2.75, 3.05) is 6.54 Å². The molecule has 0 aliphatic carbocycles. The molecule has 0 heterocycles. The van der Waals surface area contributed by atoms with Gasteiger partial charge in [0.1, 0.15) is 0 Å². The number of hydrogen-bond acceptors (Lipinski definition) is 3. The van der Waals surface area contributed by atoms with E-state index >= 15 is 0 Å². The predicted molar refractivity (Wildman–Crippen MR) is 49.5 cm³/mol. The Kier molecular flexibility index (Phi) is 3.41. The molecule has 0 spiro atoms. The first-order valence-electron chi connectivity index (χ1n) is 3.99. The van der Waals surface area contributed by atoms with Crippen molar-refractivity contribution in [2.24, 2.45) is 16.0 Å². The summed E-state index contributed by atoms with van der Waals surface area (Å²) in [6.45, 7) is 2.47. The average Bonchev–Trinajstić information content (AvgIpc) is 2.16. The summed E-state index contributed by atoms with van der Waals surface area (Å²) in [5, 5.41) is 8.03. The number of nitrogens with zero attached hydrogens (tertiary/aromatic N) is 2. The van der Waals surface area contributed by atoms with Crippen LogP contribution in [0.15, 0.2) is 40.6 Å². The summed E-state index contributed by atoms with van der Waals surface area (Å²) in [6, 6.07) is 9.73. The van der Waals surface area contributed by atoms with Crippen molar-refractivity contribution >= 4 is 5.69 Å². The minimum Gasteiger partial charge on any atom is -0.328 e. The van der Waals surface area contributed by atoms with Gasteiger partial charge in [0.05, 0.1) is 11.7 Å². The smallest absolute Gasteiger partial charge is 0.0852 e. The maximum Gasteiger partial charge on any atom is 0.0852 e. The number of benzene rings is 1. The van der Waals surface area contributed by atoms with Gasteiger partial charge in [-0.1, -0.05) is 18.2 Å². The minimum atomic E-state index is 0.102. The zero-order valence-corrected chi connectivity index (χ0v) is 7.14. The van der Waals surface area contributed by atoms with Gasteiger partial charge < -0.3 is 5.73 Å². The predicted octanol–water partition coefficient (Wildman–Crippen LogP) is 2.12. The Hall–Kier alpha value is -1.22. The molecule has 1 aromatic rings. The second-order valence-electron chi connectivity index (χ2n) is 2.64. The van der Waals surface area contributed by atoms with Crippen LogP contribution in [0.5, 0.6) is 0 Å². The molecule has 0 amide bonds. The molecular formula is C9H13N3. The van der Waals surface area contributed by atoms with Crippen LogP contribution in [0.4, 0.5) is 5.69 Å². The third-order valence-electron chi connectivity index (χ3n) is 1.47. The van der Waals surface area contributed by atoms with Crippen molar-refractivity contribution in [3.8, 4) is 0 Å². The van der Waals surface area contributed by atoms with E-state index in [0.717, 1.165) is 5.69 Å². The molecule has 1 atom stereocenters. The summed E-state index contributed by atoms with van der Waals surface area (Å²) in [4.78, 5) is 0. The van der Waals surface area contributed by atoms with Crippen molar-refractivity contribution in [1.29, 1.82) is 0 Å². The first kappa shape index (κ1) is 8.87. The fourth-order valence-electron chi connectivity index (χ4n) is 0.707. The summed E-state index contributed by atoms with van der Waals surface area (Å²) in [5.41, 5.74) is 6.26. The summed E-state index contributed by atoms with van der Waals surface area (Å²) >= 11 is 0. The zero-order chi connectivity index (χ0) is 8.81. The Bertz CT molecular complexity index is 243. The van der Waals surface area contributed by atoms with Crippen molar-refractivity contribution in [1.82, 2.24) is 0 Å². The van der Waals surface area contributed by atoms with Crippen LogP contribution in [0.25, 0.3) is 0 Å². The van der Waals surface area contributed by atoms with Gasteiger partial charge in [-0.25, -0.2) is 0 Å². The Balaban J connectivity index is 2.58. The van der Waals surface area contributed by atoms with Crippen LogP contribution in [-0.2, 0) is 0 Å². The van der Waals surface area contributed by atoms with E-state index in [0.29, 0.717) is 6.54 Å². The standard InChI is InChI=1S/C9H13N3/c1-8(7-10)11-12-9-5-3-2-4-6-9/h2-6,8H,7,10H2,1H3. The highest BCUT2D eigenvalue weighted by Gasteiger charge is 1.92. The van der Waals surface area contributed by atoms with Gasteiger partial charge in [0.25, 0.3) is 0 Å². The maximum atomic E-state index is 5.38. The fraction of sp³-hybridized carbons (Fsp3) is 0.333. The molecule has 0 bridgehead atoms. The van der Waals surface area contributed by atoms with E-state index in [1.54, 1.807) is 0 Å². The molecule has 1 aromatic carbocycles. The fourth-order valence-corrected chi connectivity index (χ4v) is 0.707. The lowest BCUT2D eigenvalue weighted by Gasteiger charge is -1.97.